The van der Waals surface area contributed by atoms with E-state index >= 15 is 0 Å². The number of aromatic nitrogens is 6. The van der Waals surface area contributed by atoms with Crippen LogP contribution in [0.1, 0.15) is 37.2 Å². The highest BCUT2D eigenvalue weighted by molar-refractivity contribution is 5.83. The third kappa shape index (κ3) is 3.99. The molecule has 0 aliphatic heterocycles. The van der Waals surface area contributed by atoms with Crippen LogP contribution in [0.2, 0.25) is 0 Å². The Morgan fingerprint density at radius 1 is 1.17 bits per heavy atom. The molecule has 6 rings (SSSR count). The van der Waals surface area contributed by atoms with Crippen molar-refractivity contribution >= 4 is 27.9 Å². The Kier molecular flexibility index (Phi) is 5.17. The van der Waals surface area contributed by atoms with E-state index in [-0.39, 0.29) is 11.6 Å². The van der Waals surface area contributed by atoms with Crippen LogP contribution >= 0.6 is 0 Å². The molecule has 3 aromatic heterocycles. The van der Waals surface area contributed by atoms with Crippen molar-refractivity contribution in [2.45, 2.75) is 32.7 Å². The van der Waals surface area contributed by atoms with Gasteiger partial charge >= 0.3 is 0 Å². The monoisotopic (exact) mass is 467 g/mol. The highest BCUT2D eigenvalue weighted by Crippen LogP contribution is 2.30. The molecule has 9 nitrogen and oxygen atoms in total. The first-order valence-electron chi connectivity index (χ1n) is 11.7. The number of hydrogen-bond donors (Lipinski definition) is 2. The van der Waals surface area contributed by atoms with Crippen LogP contribution in [0.15, 0.2) is 59.9 Å². The summed E-state index contributed by atoms with van der Waals surface area (Å²) >= 11 is 0. The number of aromatic amines is 1. The Balaban J connectivity index is 1.48. The van der Waals surface area contributed by atoms with Crippen molar-refractivity contribution in [1.82, 2.24) is 29.5 Å². The van der Waals surface area contributed by atoms with E-state index in [2.05, 4.69) is 25.3 Å². The maximum atomic E-state index is 13.9. The zero-order valence-corrected chi connectivity index (χ0v) is 19.5. The Hall–Kier alpha value is -4.27. The van der Waals surface area contributed by atoms with Crippen molar-refractivity contribution in [3.05, 3.63) is 76.9 Å². The van der Waals surface area contributed by atoms with E-state index in [1.807, 2.05) is 56.3 Å². The van der Waals surface area contributed by atoms with Gasteiger partial charge < -0.3 is 15.0 Å². The van der Waals surface area contributed by atoms with Gasteiger partial charge in [0, 0.05) is 6.07 Å². The third-order valence-corrected chi connectivity index (χ3v) is 6.35. The molecule has 1 fully saturated rings. The summed E-state index contributed by atoms with van der Waals surface area (Å²) in [6.45, 7) is 4.59. The number of aryl methyl sites for hydroxylation is 1. The molecule has 0 saturated heterocycles. The van der Waals surface area contributed by atoms with Gasteiger partial charge in [-0.15, -0.1) is 0 Å². The summed E-state index contributed by atoms with van der Waals surface area (Å²) in [5, 5.41) is 3.99. The third-order valence-electron chi connectivity index (χ3n) is 6.35. The lowest BCUT2D eigenvalue weighted by atomic mass is 10.1. The normalized spacial score (nSPS) is 14.3. The number of imidazole rings is 1. The minimum Gasteiger partial charge on any atom is -0.493 e. The minimum absolute atomic E-state index is 0.120. The van der Waals surface area contributed by atoms with E-state index in [1.165, 1.54) is 19.2 Å². The van der Waals surface area contributed by atoms with Crippen molar-refractivity contribution in [3.63, 3.8) is 0 Å². The van der Waals surface area contributed by atoms with Crippen LogP contribution in [-0.4, -0.2) is 36.1 Å². The first-order valence-corrected chi connectivity index (χ1v) is 11.7. The fourth-order valence-electron chi connectivity index (χ4n) is 4.31. The van der Waals surface area contributed by atoms with Gasteiger partial charge in [0.2, 0.25) is 0 Å². The molecule has 2 aromatic carbocycles. The lowest BCUT2D eigenvalue weighted by Crippen LogP contribution is -2.28. The molecule has 1 saturated carbocycles. The quantitative estimate of drug-likeness (QED) is 0.367. The maximum Gasteiger partial charge on any atom is 0.266 e. The number of ether oxygens (including phenoxy) is 1. The van der Waals surface area contributed by atoms with E-state index in [4.69, 9.17) is 9.72 Å². The molecule has 2 N–H and O–H groups in total. The van der Waals surface area contributed by atoms with Crippen LogP contribution in [0.5, 0.6) is 5.75 Å². The second-order valence-electron chi connectivity index (χ2n) is 9.02. The summed E-state index contributed by atoms with van der Waals surface area (Å²) in [5.74, 6) is 2.54. The molecule has 1 atom stereocenters. The molecular weight excluding hydrogens is 442 g/mol. The highest BCUT2D eigenvalue weighted by Gasteiger charge is 2.23. The van der Waals surface area contributed by atoms with Gasteiger partial charge in [0.05, 0.1) is 35.6 Å². The molecule has 0 radical (unpaired) electrons. The molecule has 0 bridgehead atoms. The number of nitrogens with one attached hydrogen (secondary N) is 2. The lowest BCUT2D eigenvalue weighted by molar-refractivity contribution is 0.299. The first kappa shape index (κ1) is 21.3. The summed E-state index contributed by atoms with van der Waals surface area (Å²) in [6.07, 6.45) is 5.47. The predicted octanol–water partition coefficient (Wildman–Crippen LogP) is 4.32. The van der Waals surface area contributed by atoms with Gasteiger partial charge in [-0.3, -0.25) is 9.36 Å². The Morgan fingerprint density at radius 2 is 2.03 bits per heavy atom. The average molecular weight is 468 g/mol. The standard InChI is InChI=1S/C26H25N7O2/c1-15-5-3-8-20-21(15)26(34)33(18-6-4-7-19(11-18)35-12-17-9-10-17)25(32-20)16(2)31-24-22-23(28-13-27-22)29-14-30-24/h3-8,11,13-14,16-17H,9-10,12H2,1-2H3,(H2,27,28,29,30,31). The van der Waals surface area contributed by atoms with Gasteiger partial charge in [0.15, 0.2) is 11.5 Å². The summed E-state index contributed by atoms with van der Waals surface area (Å²) in [7, 11) is 0. The molecular formula is C26H25N7O2. The number of anilines is 1. The van der Waals surface area contributed by atoms with Crippen molar-refractivity contribution in [1.29, 1.82) is 0 Å². The van der Waals surface area contributed by atoms with Crippen LogP contribution < -0.4 is 15.6 Å². The van der Waals surface area contributed by atoms with Crippen molar-refractivity contribution in [2.75, 3.05) is 11.9 Å². The van der Waals surface area contributed by atoms with Crippen molar-refractivity contribution < 1.29 is 4.74 Å². The Bertz CT molecular complexity index is 1600. The van der Waals surface area contributed by atoms with E-state index in [9.17, 15) is 4.79 Å². The molecule has 9 heteroatoms. The van der Waals surface area contributed by atoms with Gasteiger partial charge in [-0.1, -0.05) is 18.2 Å². The van der Waals surface area contributed by atoms with Gasteiger partial charge in [0.25, 0.3) is 5.56 Å². The number of fused-ring (bicyclic) bond motifs is 2. The topological polar surface area (TPSA) is 111 Å². The van der Waals surface area contributed by atoms with Crippen LogP contribution in [0.4, 0.5) is 5.82 Å². The fraction of sp³-hybridized carbons (Fsp3) is 0.269. The van der Waals surface area contributed by atoms with Crippen LogP contribution in [0.25, 0.3) is 27.8 Å². The zero-order valence-electron chi connectivity index (χ0n) is 19.5. The summed E-state index contributed by atoms with van der Waals surface area (Å²) in [5.41, 5.74) is 3.39. The largest absolute Gasteiger partial charge is 0.493 e. The fourth-order valence-corrected chi connectivity index (χ4v) is 4.31. The number of rotatable bonds is 7. The molecule has 0 amide bonds. The predicted molar refractivity (Wildman–Crippen MR) is 134 cm³/mol. The van der Waals surface area contributed by atoms with Gasteiger partial charge in [-0.05, 0) is 56.4 Å². The molecule has 1 unspecified atom stereocenters. The van der Waals surface area contributed by atoms with Crippen molar-refractivity contribution in [2.24, 2.45) is 5.92 Å². The Morgan fingerprint density at radius 3 is 2.89 bits per heavy atom. The molecule has 1 aliphatic carbocycles. The van der Waals surface area contributed by atoms with E-state index in [0.717, 1.165) is 11.3 Å². The van der Waals surface area contributed by atoms with E-state index < -0.39 is 0 Å². The SMILES string of the molecule is Cc1cccc2nc(C(C)Nc3ncnc4nc[nH]c34)n(-c3cccc(OCC4CC4)c3)c(=O)c12. The lowest BCUT2D eigenvalue weighted by Gasteiger charge is -2.21. The summed E-state index contributed by atoms with van der Waals surface area (Å²) in [4.78, 5) is 34.7. The highest BCUT2D eigenvalue weighted by atomic mass is 16.5. The smallest absolute Gasteiger partial charge is 0.266 e. The number of benzene rings is 2. The van der Waals surface area contributed by atoms with Crippen LogP contribution in [0, 0.1) is 12.8 Å². The zero-order chi connectivity index (χ0) is 23.9. The maximum absolute atomic E-state index is 13.9. The average Bonchev–Trinajstić information content (AvgIpc) is 3.56. The Labute approximate surface area is 201 Å². The molecule has 0 spiro atoms. The molecule has 5 aromatic rings. The van der Waals surface area contributed by atoms with E-state index in [0.29, 0.717) is 51.9 Å². The van der Waals surface area contributed by atoms with E-state index in [1.54, 1.807) is 10.9 Å². The molecule has 35 heavy (non-hydrogen) atoms. The first-order chi connectivity index (χ1) is 17.1. The second kappa shape index (κ2) is 8.50. The van der Waals surface area contributed by atoms with Crippen molar-refractivity contribution in [3.8, 4) is 11.4 Å². The minimum atomic E-state index is -0.356. The molecule has 1 aliphatic rings. The number of H-pyrrole nitrogens is 1. The van der Waals surface area contributed by atoms with Gasteiger partial charge in [-0.2, -0.15) is 0 Å². The van der Waals surface area contributed by atoms with Crippen LogP contribution in [0.3, 0.4) is 0 Å². The van der Waals surface area contributed by atoms with Crippen LogP contribution in [-0.2, 0) is 0 Å². The van der Waals surface area contributed by atoms with Gasteiger partial charge in [0.1, 0.15) is 23.4 Å². The molecule has 3 heterocycles. The van der Waals surface area contributed by atoms with Gasteiger partial charge in [-0.25, -0.2) is 19.9 Å². The summed E-state index contributed by atoms with van der Waals surface area (Å²) < 4.78 is 7.67. The number of nitrogens with zero attached hydrogens (tertiary/aromatic N) is 5. The molecule has 176 valence electrons. The summed E-state index contributed by atoms with van der Waals surface area (Å²) in [6, 6.07) is 13.0. The number of hydrogen-bond acceptors (Lipinski definition) is 7. The second-order valence-corrected chi connectivity index (χ2v) is 9.02.